The van der Waals surface area contributed by atoms with Gasteiger partial charge in [-0.1, -0.05) is 25.0 Å². The van der Waals surface area contributed by atoms with Crippen LogP contribution in [0.25, 0.3) is 0 Å². The molecule has 5 atom stereocenters. The van der Waals surface area contributed by atoms with E-state index in [1.165, 1.54) is 9.80 Å². The number of hydrogen-bond donors (Lipinski definition) is 3. The molecule has 3 amide bonds. The van der Waals surface area contributed by atoms with E-state index in [2.05, 4.69) is 15.4 Å². The number of ether oxygens (including phenoxy) is 1. The zero-order valence-electron chi connectivity index (χ0n) is 24.2. The Balaban J connectivity index is 1.44. The predicted molar refractivity (Wildman–Crippen MR) is 155 cm³/mol. The van der Waals surface area contributed by atoms with Gasteiger partial charge in [0.1, 0.15) is 35.1 Å². The average molecular weight is 620 g/mol. The molecule has 1 aromatic rings. The molecule has 14 nitrogen and oxygen atoms in total. The second kappa shape index (κ2) is 11.7. The molecular formula is C28H37N5O9S. The summed E-state index contributed by atoms with van der Waals surface area (Å²) in [4.78, 5) is 79.7. The summed E-state index contributed by atoms with van der Waals surface area (Å²) in [7, 11) is -0.647. The molecule has 0 bridgehead atoms. The molecule has 0 aromatic heterocycles. The van der Waals surface area contributed by atoms with E-state index in [-0.39, 0.29) is 37.2 Å². The van der Waals surface area contributed by atoms with Crippen LogP contribution in [0.2, 0.25) is 0 Å². The molecule has 2 heterocycles. The smallest absolute Gasteiger partial charge is 0.293 e. The van der Waals surface area contributed by atoms with Crippen LogP contribution in [0.3, 0.4) is 0 Å². The van der Waals surface area contributed by atoms with Crippen LogP contribution in [-0.4, -0.2) is 87.1 Å². The van der Waals surface area contributed by atoms with Gasteiger partial charge < -0.3 is 25.2 Å². The summed E-state index contributed by atoms with van der Waals surface area (Å²) in [5.41, 5.74) is -2.71. The minimum absolute atomic E-state index is 0.0309. The number of allylic oxidation sites excluding steroid dienone is 1. The molecule has 3 fully saturated rings. The number of anilines is 2. The molecule has 5 rings (SSSR count). The largest absolute Gasteiger partial charge is 0.463 e. The first kappa shape index (κ1) is 30.7. The highest BCUT2D eigenvalue weighted by atomic mass is 32.2. The molecule has 1 aromatic carbocycles. The van der Waals surface area contributed by atoms with Crippen molar-refractivity contribution in [2.75, 3.05) is 30.9 Å². The molecule has 0 spiro atoms. The minimum Gasteiger partial charge on any atom is -0.463 e. The lowest BCUT2D eigenvalue weighted by molar-refractivity contribution is -0.140. The van der Waals surface area contributed by atoms with E-state index in [9.17, 15) is 37.2 Å². The lowest BCUT2D eigenvalue weighted by Crippen LogP contribution is -2.57. The summed E-state index contributed by atoms with van der Waals surface area (Å²) in [6.45, 7) is 0.139. The number of amides is 3. The van der Waals surface area contributed by atoms with Crippen molar-refractivity contribution in [3.63, 3.8) is 0 Å². The normalized spacial score (nSPS) is 30.6. The van der Waals surface area contributed by atoms with Gasteiger partial charge in [0, 0.05) is 26.4 Å². The third-order valence-corrected chi connectivity index (χ3v) is 10.6. The summed E-state index contributed by atoms with van der Waals surface area (Å²) in [6.07, 6.45) is 7.13. The van der Waals surface area contributed by atoms with E-state index in [0.717, 1.165) is 12.8 Å². The van der Waals surface area contributed by atoms with Crippen molar-refractivity contribution in [3.8, 4) is 0 Å². The third-order valence-electron chi connectivity index (χ3n) is 8.74. The second-order valence-electron chi connectivity index (χ2n) is 12.1. The van der Waals surface area contributed by atoms with Crippen LogP contribution in [0.1, 0.15) is 57.8 Å². The van der Waals surface area contributed by atoms with E-state index in [1.807, 2.05) is 12.2 Å². The molecule has 1 saturated heterocycles. The van der Waals surface area contributed by atoms with Gasteiger partial charge in [0.15, 0.2) is 0 Å². The van der Waals surface area contributed by atoms with Crippen molar-refractivity contribution in [2.45, 2.75) is 86.8 Å². The zero-order valence-corrected chi connectivity index (χ0v) is 25.0. The number of sulfonamides is 1. The highest BCUT2D eigenvalue weighted by molar-refractivity contribution is 7.91. The molecule has 2 aliphatic carbocycles. The van der Waals surface area contributed by atoms with Gasteiger partial charge in [0.05, 0.1) is 11.8 Å². The first-order valence-electron chi connectivity index (χ1n) is 14.6. The van der Waals surface area contributed by atoms with E-state index in [1.54, 1.807) is 14.1 Å². The maximum absolute atomic E-state index is 14.0. The first-order chi connectivity index (χ1) is 20.4. The summed E-state index contributed by atoms with van der Waals surface area (Å²) in [6, 6.07) is -2.09. The monoisotopic (exact) mass is 619 g/mol. The number of nitrogens with one attached hydrogen (secondary N) is 3. The van der Waals surface area contributed by atoms with Crippen molar-refractivity contribution in [1.29, 1.82) is 0 Å². The second-order valence-corrected chi connectivity index (χ2v) is 14.0. The molecule has 2 aliphatic heterocycles. The number of fused-ring (bicyclic) bond motifs is 2. The summed E-state index contributed by atoms with van der Waals surface area (Å²) in [5.74, 6) is -2.46. The Bertz CT molecular complexity index is 1510. The molecule has 234 valence electrons. The van der Waals surface area contributed by atoms with Crippen molar-refractivity contribution >= 4 is 45.6 Å². The fourth-order valence-electron chi connectivity index (χ4n) is 6.05. The number of carbonyl (C=O) groups is 4. The Labute approximate surface area is 248 Å². The van der Waals surface area contributed by atoms with Crippen molar-refractivity contribution in [1.82, 2.24) is 14.9 Å². The molecule has 2 saturated carbocycles. The Morgan fingerprint density at radius 1 is 1.12 bits per heavy atom. The van der Waals surface area contributed by atoms with Crippen molar-refractivity contribution in [2.24, 2.45) is 5.92 Å². The number of carbonyl (C=O) groups excluding carboxylic acids is 4. The lowest BCUT2D eigenvalue weighted by atomic mass is 10.0. The zero-order chi connectivity index (χ0) is 31.1. The maximum Gasteiger partial charge on any atom is 0.293 e. The van der Waals surface area contributed by atoms with Gasteiger partial charge in [-0.15, -0.1) is 0 Å². The van der Waals surface area contributed by atoms with Gasteiger partial charge in [0.2, 0.25) is 21.8 Å². The van der Waals surface area contributed by atoms with Gasteiger partial charge in [-0.2, -0.15) is 0 Å². The highest BCUT2D eigenvalue weighted by Gasteiger charge is 2.62. The van der Waals surface area contributed by atoms with Crippen LogP contribution in [0, 0.1) is 5.92 Å². The first-order valence-corrected chi connectivity index (χ1v) is 16.2. The number of rotatable bonds is 8. The van der Waals surface area contributed by atoms with Gasteiger partial charge in [-0.3, -0.25) is 33.5 Å². The van der Waals surface area contributed by atoms with Gasteiger partial charge >= 0.3 is 0 Å². The summed E-state index contributed by atoms with van der Waals surface area (Å²) < 4.78 is 32.4. The SMILES string of the molecule is CN(C)c1c(N[C@H]2CCCCC/C=C\[C@@H]3C[C@@]3(C(=O)NS(=O)(=O)C3CC3)NC(=O)[C@@H]3C[C@@H](OC=O)CN3C2=O)c(=O)c1=O. The van der Waals surface area contributed by atoms with Crippen LogP contribution >= 0.6 is 0 Å². The number of hydrogen-bond acceptors (Lipinski definition) is 11. The average Bonchev–Trinajstić information content (AvgIpc) is 3.87. The standard InChI is InChI=1S/C28H37N5O9S/c1-32(2)22-21(23(35)24(22)36)29-19-9-7-5-3-4-6-8-16-13-28(16,27(39)31-43(40,41)18-10-11-18)30-25(37)20-12-17(42-15-34)14-33(20)26(19)38/h6,8,15-20,29H,3-5,7,9-14H2,1-2H3,(H,30,37)(H,31,39)/b8-6-/t16-,17-,19+,20+,28-/m1/s1. The Kier molecular flexibility index (Phi) is 8.38. The quantitative estimate of drug-likeness (QED) is 0.189. The van der Waals surface area contributed by atoms with E-state index >= 15 is 0 Å². The van der Waals surface area contributed by atoms with Gasteiger partial charge in [0.25, 0.3) is 23.2 Å². The van der Waals surface area contributed by atoms with E-state index in [4.69, 9.17) is 4.74 Å². The predicted octanol–water partition coefficient (Wildman–Crippen LogP) is -0.725. The molecule has 4 aliphatic rings. The van der Waals surface area contributed by atoms with Gasteiger partial charge in [-0.25, -0.2) is 8.42 Å². The van der Waals surface area contributed by atoms with Crippen LogP contribution < -0.4 is 31.1 Å². The molecule has 43 heavy (non-hydrogen) atoms. The lowest BCUT2D eigenvalue weighted by Gasteiger charge is -2.31. The molecule has 0 unspecified atom stereocenters. The number of nitrogens with zero attached hydrogens (tertiary/aromatic N) is 2. The molecule has 0 radical (unpaired) electrons. The Morgan fingerprint density at radius 3 is 2.53 bits per heavy atom. The summed E-state index contributed by atoms with van der Waals surface area (Å²) in [5, 5.41) is 5.07. The van der Waals surface area contributed by atoms with Crippen molar-refractivity contribution in [3.05, 3.63) is 32.6 Å². The van der Waals surface area contributed by atoms with Crippen LogP contribution in [0.5, 0.6) is 0 Å². The molecule has 15 heteroatoms. The topological polar surface area (TPSA) is 188 Å². The maximum atomic E-state index is 14.0. The van der Waals surface area contributed by atoms with Crippen LogP contribution in [-0.2, 0) is 33.9 Å². The third kappa shape index (κ3) is 6.04. The Hall–Kier alpha value is -3.75. The highest BCUT2D eigenvalue weighted by Crippen LogP contribution is 2.46. The fourth-order valence-corrected chi connectivity index (χ4v) is 7.42. The van der Waals surface area contributed by atoms with Crippen LogP contribution in [0.15, 0.2) is 21.7 Å². The minimum atomic E-state index is -3.87. The molecular weight excluding hydrogens is 582 g/mol. The fraction of sp³-hybridized carbons (Fsp3) is 0.643. The Morgan fingerprint density at radius 2 is 1.86 bits per heavy atom. The van der Waals surface area contributed by atoms with Crippen LogP contribution in [0.4, 0.5) is 11.4 Å². The van der Waals surface area contributed by atoms with E-state index in [0.29, 0.717) is 32.1 Å². The summed E-state index contributed by atoms with van der Waals surface area (Å²) >= 11 is 0. The van der Waals surface area contributed by atoms with E-state index < -0.39 is 73.5 Å². The van der Waals surface area contributed by atoms with Gasteiger partial charge in [-0.05, 0) is 38.5 Å². The van der Waals surface area contributed by atoms with Crippen molar-refractivity contribution < 1.29 is 32.3 Å². The molecule has 3 N–H and O–H groups in total.